The van der Waals surface area contributed by atoms with Gasteiger partial charge in [0.15, 0.2) is 0 Å². The molecule has 0 spiro atoms. The maximum absolute atomic E-state index is 12.8. The van der Waals surface area contributed by atoms with Crippen LogP contribution in [-0.2, 0) is 10.0 Å². The van der Waals surface area contributed by atoms with E-state index >= 15 is 0 Å². The van der Waals surface area contributed by atoms with E-state index < -0.39 is 10.0 Å². The largest absolute Gasteiger partial charge is 0.348 e. The Labute approximate surface area is 137 Å². The van der Waals surface area contributed by atoms with Crippen LogP contribution in [0.15, 0.2) is 42.7 Å². The highest BCUT2D eigenvalue weighted by Gasteiger charge is 2.31. The highest BCUT2D eigenvalue weighted by atomic mass is 32.2. The predicted molar refractivity (Wildman–Crippen MR) is 90.8 cm³/mol. The fourth-order valence-corrected chi connectivity index (χ4v) is 5.07. The molecule has 1 aliphatic rings. The molecule has 0 saturated carbocycles. The van der Waals surface area contributed by atoms with Gasteiger partial charge in [0, 0.05) is 31.4 Å². The zero-order valence-corrected chi connectivity index (χ0v) is 14.2. The first-order valence-corrected chi connectivity index (χ1v) is 9.69. The van der Waals surface area contributed by atoms with E-state index in [9.17, 15) is 8.42 Å². The van der Waals surface area contributed by atoms with Crippen molar-refractivity contribution in [2.75, 3.05) is 18.8 Å². The molecule has 6 heteroatoms. The summed E-state index contributed by atoms with van der Waals surface area (Å²) in [6.07, 6.45) is 5.37. The molecule has 0 amide bonds. The lowest BCUT2D eigenvalue weighted by Gasteiger charge is -2.31. The standard InChI is InChI=1S/C17H23N3O2S/c1-14(15-6-3-2-4-7-15)13-23(21,22)20-11-5-8-16(12-20)17-18-9-10-19-17/h2-4,6-7,9-10,14,16H,5,8,11-13H2,1H3,(H,18,19)/t14-,16-/m0/s1. The maximum Gasteiger partial charge on any atom is 0.214 e. The Bertz CT molecular complexity index is 714. The van der Waals surface area contributed by atoms with E-state index in [0.717, 1.165) is 24.2 Å². The minimum atomic E-state index is -3.26. The van der Waals surface area contributed by atoms with Gasteiger partial charge >= 0.3 is 0 Å². The minimum Gasteiger partial charge on any atom is -0.348 e. The normalized spacial score (nSPS) is 21.2. The molecule has 0 bridgehead atoms. The van der Waals surface area contributed by atoms with Crippen LogP contribution in [0, 0.1) is 0 Å². The third-order valence-electron chi connectivity index (χ3n) is 4.51. The highest BCUT2D eigenvalue weighted by Crippen LogP contribution is 2.27. The summed E-state index contributed by atoms with van der Waals surface area (Å²) in [6, 6.07) is 9.83. The van der Waals surface area contributed by atoms with Crippen LogP contribution in [-0.4, -0.2) is 41.5 Å². The number of nitrogens with one attached hydrogen (secondary N) is 1. The quantitative estimate of drug-likeness (QED) is 0.915. The van der Waals surface area contributed by atoms with Crippen LogP contribution < -0.4 is 0 Å². The molecule has 0 radical (unpaired) electrons. The number of rotatable bonds is 5. The van der Waals surface area contributed by atoms with Crippen LogP contribution in [0.4, 0.5) is 0 Å². The number of imidazole rings is 1. The van der Waals surface area contributed by atoms with Crippen molar-refractivity contribution in [2.45, 2.75) is 31.6 Å². The molecule has 124 valence electrons. The van der Waals surface area contributed by atoms with Gasteiger partial charge < -0.3 is 4.98 Å². The Morgan fingerprint density at radius 3 is 2.83 bits per heavy atom. The molecule has 0 aliphatic carbocycles. The van der Waals surface area contributed by atoms with Gasteiger partial charge in [-0.3, -0.25) is 0 Å². The summed E-state index contributed by atoms with van der Waals surface area (Å²) < 4.78 is 27.2. The average Bonchev–Trinajstić information content (AvgIpc) is 3.10. The van der Waals surface area contributed by atoms with Crippen molar-refractivity contribution >= 4 is 10.0 Å². The average molecular weight is 333 g/mol. The summed E-state index contributed by atoms with van der Waals surface area (Å²) >= 11 is 0. The maximum atomic E-state index is 12.8. The first-order chi connectivity index (χ1) is 11.1. The smallest absolute Gasteiger partial charge is 0.214 e. The van der Waals surface area contributed by atoms with Crippen molar-refractivity contribution in [2.24, 2.45) is 0 Å². The third kappa shape index (κ3) is 3.82. The fraction of sp³-hybridized carbons (Fsp3) is 0.471. The first-order valence-electron chi connectivity index (χ1n) is 8.08. The van der Waals surface area contributed by atoms with E-state index in [1.54, 1.807) is 16.7 Å². The topological polar surface area (TPSA) is 66.1 Å². The molecule has 2 heterocycles. The number of aromatic amines is 1. The van der Waals surface area contributed by atoms with E-state index in [1.165, 1.54) is 0 Å². The lowest BCUT2D eigenvalue weighted by Crippen LogP contribution is -2.41. The molecule has 1 aromatic heterocycles. The Morgan fingerprint density at radius 2 is 2.13 bits per heavy atom. The van der Waals surface area contributed by atoms with Crippen molar-refractivity contribution in [1.82, 2.24) is 14.3 Å². The minimum absolute atomic E-state index is 0.00908. The molecule has 2 aromatic rings. The summed E-state index contributed by atoms with van der Waals surface area (Å²) in [5, 5.41) is 0. The fourth-order valence-electron chi connectivity index (χ4n) is 3.22. The van der Waals surface area contributed by atoms with Gasteiger partial charge in [0.2, 0.25) is 10.0 Å². The Kier molecular flexibility index (Phi) is 4.82. The van der Waals surface area contributed by atoms with Crippen LogP contribution >= 0.6 is 0 Å². The number of H-pyrrole nitrogens is 1. The number of nitrogens with zero attached hydrogens (tertiary/aromatic N) is 2. The second kappa shape index (κ2) is 6.84. The molecule has 23 heavy (non-hydrogen) atoms. The molecule has 2 atom stereocenters. The molecule has 0 unspecified atom stereocenters. The zero-order valence-electron chi connectivity index (χ0n) is 13.4. The van der Waals surface area contributed by atoms with E-state index in [2.05, 4.69) is 9.97 Å². The summed E-state index contributed by atoms with van der Waals surface area (Å²) in [5.74, 6) is 1.20. The van der Waals surface area contributed by atoms with Crippen LogP contribution in [0.1, 0.15) is 43.0 Å². The van der Waals surface area contributed by atoms with Gasteiger partial charge in [-0.15, -0.1) is 0 Å². The SMILES string of the molecule is C[C@@H](CS(=O)(=O)N1CCC[C@H](c2ncc[nH]2)C1)c1ccccc1. The van der Waals surface area contributed by atoms with E-state index in [1.807, 2.05) is 37.3 Å². The van der Waals surface area contributed by atoms with Gasteiger partial charge in [-0.2, -0.15) is 0 Å². The molecule has 1 aliphatic heterocycles. The van der Waals surface area contributed by atoms with Crippen molar-refractivity contribution in [3.05, 3.63) is 54.1 Å². The predicted octanol–water partition coefficient (Wildman–Crippen LogP) is 2.72. The van der Waals surface area contributed by atoms with Gasteiger partial charge in [-0.1, -0.05) is 37.3 Å². The molecular weight excluding hydrogens is 310 g/mol. The van der Waals surface area contributed by atoms with E-state index in [0.29, 0.717) is 13.1 Å². The number of hydrogen-bond donors (Lipinski definition) is 1. The van der Waals surface area contributed by atoms with Crippen LogP contribution in [0.5, 0.6) is 0 Å². The second-order valence-electron chi connectivity index (χ2n) is 6.26. The third-order valence-corrected chi connectivity index (χ3v) is 6.55. The number of aromatic nitrogens is 2. The highest BCUT2D eigenvalue weighted by molar-refractivity contribution is 7.89. The summed E-state index contributed by atoms with van der Waals surface area (Å²) in [5.41, 5.74) is 1.07. The Morgan fingerprint density at radius 1 is 1.35 bits per heavy atom. The van der Waals surface area contributed by atoms with E-state index in [-0.39, 0.29) is 17.6 Å². The summed E-state index contributed by atoms with van der Waals surface area (Å²) in [4.78, 5) is 7.40. The van der Waals surface area contributed by atoms with Crippen LogP contribution in [0.25, 0.3) is 0 Å². The van der Waals surface area contributed by atoms with Gasteiger partial charge in [0.25, 0.3) is 0 Å². The molecule has 1 fully saturated rings. The second-order valence-corrected chi connectivity index (χ2v) is 8.28. The number of benzene rings is 1. The molecule has 1 aromatic carbocycles. The van der Waals surface area contributed by atoms with Gasteiger partial charge in [-0.05, 0) is 24.3 Å². The Hall–Kier alpha value is -1.66. The monoisotopic (exact) mass is 333 g/mol. The molecule has 3 rings (SSSR count). The number of piperidine rings is 1. The Balaban J connectivity index is 1.69. The zero-order chi connectivity index (χ0) is 16.3. The summed E-state index contributed by atoms with van der Waals surface area (Å²) in [7, 11) is -3.26. The van der Waals surface area contributed by atoms with Crippen molar-refractivity contribution in [3.8, 4) is 0 Å². The van der Waals surface area contributed by atoms with Crippen LogP contribution in [0.2, 0.25) is 0 Å². The van der Waals surface area contributed by atoms with Gasteiger partial charge in [0.1, 0.15) is 5.82 Å². The van der Waals surface area contributed by atoms with Crippen LogP contribution in [0.3, 0.4) is 0 Å². The molecule has 1 saturated heterocycles. The van der Waals surface area contributed by atoms with Gasteiger partial charge in [0.05, 0.1) is 5.75 Å². The van der Waals surface area contributed by atoms with Crippen molar-refractivity contribution in [3.63, 3.8) is 0 Å². The van der Waals surface area contributed by atoms with Gasteiger partial charge in [-0.25, -0.2) is 17.7 Å². The lowest BCUT2D eigenvalue weighted by atomic mass is 9.99. The first kappa shape index (κ1) is 16.2. The molecular formula is C17H23N3O2S. The number of hydrogen-bond acceptors (Lipinski definition) is 3. The molecule has 5 nitrogen and oxygen atoms in total. The van der Waals surface area contributed by atoms with Crippen molar-refractivity contribution in [1.29, 1.82) is 0 Å². The van der Waals surface area contributed by atoms with E-state index in [4.69, 9.17) is 0 Å². The lowest BCUT2D eigenvalue weighted by molar-refractivity contribution is 0.309. The van der Waals surface area contributed by atoms with Crippen molar-refractivity contribution < 1.29 is 8.42 Å². The summed E-state index contributed by atoms with van der Waals surface area (Å²) in [6.45, 7) is 3.11. The molecule has 1 N–H and O–H groups in total. The number of sulfonamides is 1.